The summed E-state index contributed by atoms with van der Waals surface area (Å²) in [4.78, 5) is 2.18. The Morgan fingerprint density at radius 3 is 2.71 bits per heavy atom. The Morgan fingerprint density at radius 2 is 2.14 bits per heavy atom. The first-order chi connectivity index (χ1) is 6.65. The SMILES string of the molecule is C=C(CCl)CN(C)C1CCCCC1O. The Hall–Kier alpha value is -0.0500. The predicted molar refractivity (Wildman–Crippen MR) is 60.8 cm³/mol. The van der Waals surface area contributed by atoms with E-state index in [1.807, 2.05) is 7.05 Å². The quantitative estimate of drug-likeness (QED) is 0.576. The molecule has 0 saturated heterocycles. The molecule has 1 saturated carbocycles. The van der Waals surface area contributed by atoms with Crippen molar-refractivity contribution in [3.8, 4) is 0 Å². The largest absolute Gasteiger partial charge is 0.391 e. The molecular weight excluding hydrogens is 198 g/mol. The summed E-state index contributed by atoms with van der Waals surface area (Å²) in [5.74, 6) is 0.507. The number of alkyl halides is 1. The van der Waals surface area contributed by atoms with E-state index in [2.05, 4.69) is 11.5 Å². The van der Waals surface area contributed by atoms with Crippen LogP contribution >= 0.6 is 11.6 Å². The molecule has 82 valence electrons. The van der Waals surface area contributed by atoms with E-state index in [1.54, 1.807) is 0 Å². The van der Waals surface area contributed by atoms with Crippen molar-refractivity contribution >= 4 is 11.6 Å². The molecule has 1 N–H and O–H groups in total. The van der Waals surface area contributed by atoms with Crippen LogP contribution in [-0.2, 0) is 0 Å². The van der Waals surface area contributed by atoms with Gasteiger partial charge in [0.2, 0.25) is 0 Å². The third-order valence-electron chi connectivity index (χ3n) is 2.92. The fraction of sp³-hybridized carbons (Fsp3) is 0.818. The van der Waals surface area contributed by atoms with Crippen molar-refractivity contribution in [1.82, 2.24) is 4.90 Å². The average molecular weight is 218 g/mol. The molecule has 3 heteroatoms. The summed E-state index contributed by atoms with van der Waals surface area (Å²) in [5, 5.41) is 9.82. The van der Waals surface area contributed by atoms with Crippen molar-refractivity contribution in [2.24, 2.45) is 0 Å². The van der Waals surface area contributed by atoms with E-state index in [0.717, 1.165) is 31.4 Å². The molecule has 1 rings (SSSR count). The van der Waals surface area contributed by atoms with Crippen LogP contribution in [0.5, 0.6) is 0 Å². The highest BCUT2D eigenvalue weighted by Gasteiger charge is 2.26. The van der Waals surface area contributed by atoms with Gasteiger partial charge >= 0.3 is 0 Å². The number of halogens is 1. The van der Waals surface area contributed by atoms with Crippen LogP contribution in [0.2, 0.25) is 0 Å². The van der Waals surface area contributed by atoms with Gasteiger partial charge in [0.05, 0.1) is 6.10 Å². The number of rotatable bonds is 4. The molecule has 14 heavy (non-hydrogen) atoms. The van der Waals surface area contributed by atoms with Gasteiger partial charge in [-0.05, 0) is 25.5 Å². The van der Waals surface area contributed by atoms with Crippen molar-refractivity contribution in [3.05, 3.63) is 12.2 Å². The van der Waals surface area contributed by atoms with Crippen LogP contribution in [0.15, 0.2) is 12.2 Å². The van der Waals surface area contributed by atoms with E-state index in [-0.39, 0.29) is 6.10 Å². The van der Waals surface area contributed by atoms with Gasteiger partial charge in [-0.15, -0.1) is 11.6 Å². The zero-order valence-corrected chi connectivity index (χ0v) is 9.63. The molecule has 0 aromatic rings. The number of aliphatic hydroxyl groups is 1. The molecule has 0 aromatic carbocycles. The minimum absolute atomic E-state index is 0.170. The summed E-state index contributed by atoms with van der Waals surface area (Å²) >= 11 is 5.68. The maximum atomic E-state index is 9.82. The van der Waals surface area contributed by atoms with Crippen LogP contribution < -0.4 is 0 Å². The number of nitrogens with zero attached hydrogens (tertiary/aromatic N) is 1. The summed E-state index contributed by atoms with van der Waals surface area (Å²) < 4.78 is 0. The van der Waals surface area contributed by atoms with Gasteiger partial charge in [-0.3, -0.25) is 4.90 Å². The number of hydrogen-bond donors (Lipinski definition) is 1. The van der Waals surface area contributed by atoms with Crippen molar-refractivity contribution in [1.29, 1.82) is 0 Å². The summed E-state index contributed by atoms with van der Waals surface area (Å²) in [6.45, 7) is 4.67. The summed E-state index contributed by atoms with van der Waals surface area (Å²) in [5.41, 5.74) is 1.02. The van der Waals surface area contributed by atoms with E-state index in [0.29, 0.717) is 11.9 Å². The lowest BCUT2D eigenvalue weighted by atomic mass is 9.91. The third kappa shape index (κ3) is 3.26. The topological polar surface area (TPSA) is 23.5 Å². The second kappa shape index (κ2) is 5.74. The van der Waals surface area contributed by atoms with Gasteiger partial charge in [0, 0.05) is 18.5 Å². The maximum absolute atomic E-state index is 9.82. The molecule has 1 aliphatic carbocycles. The van der Waals surface area contributed by atoms with Crippen LogP contribution in [0, 0.1) is 0 Å². The molecule has 0 bridgehead atoms. The van der Waals surface area contributed by atoms with Crippen molar-refractivity contribution in [3.63, 3.8) is 0 Å². The molecule has 2 nitrogen and oxygen atoms in total. The van der Waals surface area contributed by atoms with Crippen LogP contribution in [-0.4, -0.2) is 41.6 Å². The molecule has 0 amide bonds. The van der Waals surface area contributed by atoms with Crippen LogP contribution in [0.25, 0.3) is 0 Å². The van der Waals surface area contributed by atoms with Crippen molar-refractivity contribution < 1.29 is 5.11 Å². The van der Waals surface area contributed by atoms with Gasteiger partial charge in [-0.25, -0.2) is 0 Å². The van der Waals surface area contributed by atoms with Crippen LogP contribution in [0.3, 0.4) is 0 Å². The molecular formula is C11H20ClNO. The summed E-state index contributed by atoms with van der Waals surface area (Å²) in [6, 6.07) is 0.295. The van der Waals surface area contributed by atoms with Gasteiger partial charge in [-0.2, -0.15) is 0 Å². The van der Waals surface area contributed by atoms with Gasteiger partial charge in [-0.1, -0.05) is 19.4 Å². The lowest BCUT2D eigenvalue weighted by Gasteiger charge is -2.35. The third-order valence-corrected chi connectivity index (χ3v) is 3.30. The second-order valence-corrected chi connectivity index (χ2v) is 4.49. The van der Waals surface area contributed by atoms with Gasteiger partial charge in [0.1, 0.15) is 0 Å². The van der Waals surface area contributed by atoms with E-state index >= 15 is 0 Å². The Labute approximate surface area is 91.6 Å². The molecule has 0 aliphatic heterocycles. The molecule has 2 unspecified atom stereocenters. The minimum Gasteiger partial charge on any atom is -0.391 e. The van der Waals surface area contributed by atoms with E-state index < -0.39 is 0 Å². The van der Waals surface area contributed by atoms with E-state index in [1.165, 1.54) is 6.42 Å². The maximum Gasteiger partial charge on any atom is 0.0695 e. The van der Waals surface area contributed by atoms with Crippen molar-refractivity contribution in [2.45, 2.75) is 37.8 Å². The molecule has 0 radical (unpaired) electrons. The smallest absolute Gasteiger partial charge is 0.0695 e. The highest BCUT2D eigenvalue weighted by molar-refractivity contribution is 6.19. The zero-order chi connectivity index (χ0) is 10.6. The van der Waals surface area contributed by atoms with E-state index in [9.17, 15) is 5.11 Å². The van der Waals surface area contributed by atoms with Crippen LogP contribution in [0.4, 0.5) is 0 Å². The average Bonchev–Trinajstić information content (AvgIpc) is 2.18. The lowest BCUT2D eigenvalue weighted by molar-refractivity contribution is 0.0363. The molecule has 0 spiro atoms. The highest BCUT2D eigenvalue weighted by atomic mass is 35.5. The number of hydrogen-bond acceptors (Lipinski definition) is 2. The zero-order valence-electron chi connectivity index (χ0n) is 8.88. The standard InChI is InChI=1S/C11H20ClNO/c1-9(7-12)8-13(2)10-5-3-4-6-11(10)14/h10-11,14H,1,3-8H2,2H3. The summed E-state index contributed by atoms with van der Waals surface area (Å²) in [7, 11) is 2.04. The van der Waals surface area contributed by atoms with E-state index in [4.69, 9.17) is 11.6 Å². The molecule has 1 aliphatic rings. The fourth-order valence-electron chi connectivity index (χ4n) is 2.12. The molecule has 1 fully saturated rings. The number of aliphatic hydroxyl groups excluding tert-OH is 1. The van der Waals surface area contributed by atoms with Gasteiger partial charge < -0.3 is 5.11 Å². The number of likely N-dealkylation sites (N-methyl/N-ethyl adjacent to an activating group) is 1. The molecule has 2 atom stereocenters. The van der Waals surface area contributed by atoms with Gasteiger partial charge in [0.15, 0.2) is 0 Å². The Morgan fingerprint density at radius 1 is 1.50 bits per heavy atom. The first-order valence-electron chi connectivity index (χ1n) is 5.26. The predicted octanol–water partition coefficient (Wildman–Crippen LogP) is 2.02. The first kappa shape index (κ1) is 12.0. The first-order valence-corrected chi connectivity index (χ1v) is 5.79. The Bertz CT molecular complexity index is 196. The molecule has 0 aromatic heterocycles. The minimum atomic E-state index is -0.170. The highest BCUT2D eigenvalue weighted by Crippen LogP contribution is 2.22. The summed E-state index contributed by atoms with van der Waals surface area (Å²) in [6.07, 6.45) is 4.23. The second-order valence-electron chi connectivity index (χ2n) is 4.22. The normalized spacial score (nSPS) is 28.0. The van der Waals surface area contributed by atoms with Crippen LogP contribution in [0.1, 0.15) is 25.7 Å². The van der Waals surface area contributed by atoms with Gasteiger partial charge in [0.25, 0.3) is 0 Å². The monoisotopic (exact) mass is 217 g/mol. The molecule has 0 heterocycles. The fourth-order valence-corrected chi connectivity index (χ4v) is 2.20. The lowest BCUT2D eigenvalue weighted by Crippen LogP contribution is -2.44. The Kier molecular flexibility index (Phi) is 4.93. The Balaban J connectivity index is 2.41. The van der Waals surface area contributed by atoms with Crippen molar-refractivity contribution in [2.75, 3.05) is 19.5 Å².